The van der Waals surface area contributed by atoms with Crippen LogP contribution in [-0.2, 0) is 11.8 Å². The first-order valence-corrected chi connectivity index (χ1v) is 6.84. The highest BCUT2D eigenvalue weighted by atomic mass is 19.3. The first-order chi connectivity index (χ1) is 10.9. The van der Waals surface area contributed by atoms with E-state index in [4.69, 9.17) is 0 Å². The fraction of sp³-hybridized carbons (Fsp3) is 0.429. The summed E-state index contributed by atoms with van der Waals surface area (Å²) < 4.78 is 55.3. The lowest BCUT2D eigenvalue weighted by molar-refractivity contribution is -0.189. The molecule has 0 unspecified atom stereocenters. The van der Waals surface area contributed by atoms with Gasteiger partial charge in [0, 0.05) is 25.7 Å². The van der Waals surface area contributed by atoms with E-state index in [9.17, 15) is 22.4 Å². The topological polar surface area (TPSA) is 47.4 Å². The average molecular weight is 331 g/mol. The molecule has 1 amide bonds. The third-order valence-corrected chi connectivity index (χ3v) is 3.79. The van der Waals surface area contributed by atoms with E-state index in [1.807, 2.05) is 0 Å². The first-order valence-electron chi connectivity index (χ1n) is 6.84. The maximum atomic E-state index is 12.8. The number of hydrogen-bond donors (Lipinski definition) is 0. The lowest BCUT2D eigenvalue weighted by Crippen LogP contribution is -2.55. The van der Waals surface area contributed by atoms with Gasteiger partial charge in [0.25, 0.3) is 12.3 Å². The van der Waals surface area contributed by atoms with Crippen LogP contribution in [-0.4, -0.2) is 46.2 Å². The molecule has 5 nitrogen and oxygen atoms in total. The van der Waals surface area contributed by atoms with Crippen molar-refractivity contribution in [1.29, 1.82) is 0 Å². The molecule has 1 saturated heterocycles. The second-order valence-corrected chi connectivity index (χ2v) is 5.26. The number of carbonyl (C=O) groups excluding carboxylic acids is 1. The van der Waals surface area contributed by atoms with E-state index >= 15 is 0 Å². The van der Waals surface area contributed by atoms with Crippen molar-refractivity contribution in [2.75, 3.05) is 13.1 Å². The number of fused-ring (bicyclic) bond motifs is 1. The molecule has 1 aromatic carbocycles. The minimum Gasteiger partial charge on any atom is -0.333 e. The normalized spacial score (nSPS) is 15.7. The Kier molecular flexibility index (Phi) is 3.97. The molecule has 0 atom stereocenters. The van der Waals surface area contributed by atoms with E-state index in [0.29, 0.717) is 5.52 Å². The number of benzene rings is 1. The number of hydrogen-bond acceptors (Lipinski definition) is 3. The summed E-state index contributed by atoms with van der Waals surface area (Å²) in [5, 5.41) is 0. The summed E-state index contributed by atoms with van der Waals surface area (Å²) in [5.74, 6) is -0.746. The van der Waals surface area contributed by atoms with Gasteiger partial charge in [-0.2, -0.15) is 8.78 Å². The molecule has 0 bridgehead atoms. The van der Waals surface area contributed by atoms with Gasteiger partial charge in [-0.25, -0.2) is 13.8 Å². The molecule has 1 aromatic heterocycles. The van der Waals surface area contributed by atoms with Gasteiger partial charge in [-0.05, 0) is 18.2 Å². The van der Waals surface area contributed by atoms with Gasteiger partial charge in [0.2, 0.25) is 0 Å². The van der Waals surface area contributed by atoms with Crippen LogP contribution in [0.15, 0.2) is 18.2 Å². The summed E-state index contributed by atoms with van der Waals surface area (Å²) in [7, 11) is 1.47. The molecule has 0 N–H and O–H groups in total. The maximum Gasteiger partial charge on any atom is 0.345 e. The first kappa shape index (κ1) is 15.7. The van der Waals surface area contributed by atoms with Crippen LogP contribution in [0.2, 0.25) is 0 Å². The molecule has 0 saturated carbocycles. The Hall–Kier alpha value is -2.16. The Labute approximate surface area is 128 Å². The summed E-state index contributed by atoms with van der Waals surface area (Å²) in [5.41, 5.74) is 1.04. The molecule has 23 heavy (non-hydrogen) atoms. The summed E-state index contributed by atoms with van der Waals surface area (Å²) in [6.45, 7) is -2.72. The number of aromatic nitrogens is 2. The predicted octanol–water partition coefficient (Wildman–Crippen LogP) is 2.57. The van der Waals surface area contributed by atoms with E-state index in [1.54, 1.807) is 0 Å². The number of aryl methyl sites for hydroxylation is 1. The Morgan fingerprint density at radius 1 is 1.30 bits per heavy atom. The predicted molar refractivity (Wildman–Crippen MR) is 72.5 cm³/mol. The van der Waals surface area contributed by atoms with Gasteiger partial charge in [0.1, 0.15) is 0 Å². The number of amides is 1. The number of halogens is 4. The molecule has 3 rings (SSSR count). The lowest BCUT2D eigenvalue weighted by Gasteiger charge is -2.38. The van der Waals surface area contributed by atoms with Crippen molar-refractivity contribution in [2.24, 2.45) is 7.05 Å². The Morgan fingerprint density at radius 2 is 2.00 bits per heavy atom. The molecule has 0 spiro atoms. The monoisotopic (exact) mass is 331 g/mol. The summed E-state index contributed by atoms with van der Waals surface area (Å²) in [6.07, 6.45) is -3.39. The summed E-state index contributed by atoms with van der Waals surface area (Å²) in [6, 6.07) is 4.46. The fourth-order valence-electron chi connectivity index (χ4n) is 2.56. The molecule has 0 aliphatic carbocycles. The van der Waals surface area contributed by atoms with Crippen molar-refractivity contribution in [3.05, 3.63) is 29.6 Å². The van der Waals surface area contributed by atoms with Crippen LogP contribution in [0.1, 0.15) is 22.6 Å². The second-order valence-electron chi connectivity index (χ2n) is 5.26. The van der Waals surface area contributed by atoms with Crippen molar-refractivity contribution in [3.8, 4) is 0 Å². The highest BCUT2D eigenvalue weighted by Gasteiger charge is 2.34. The molecule has 2 heterocycles. The Balaban J connectivity index is 1.77. The molecule has 124 valence electrons. The van der Waals surface area contributed by atoms with Crippen LogP contribution in [0, 0.1) is 0 Å². The quantitative estimate of drug-likeness (QED) is 0.809. The number of rotatable bonds is 4. The van der Waals surface area contributed by atoms with Crippen LogP contribution in [0.5, 0.6) is 0 Å². The molecule has 1 aliphatic rings. The second kappa shape index (κ2) is 5.80. The lowest BCUT2D eigenvalue weighted by atomic mass is 10.1. The van der Waals surface area contributed by atoms with E-state index in [-0.39, 0.29) is 35.9 Å². The molecular formula is C14H13F4N3O2. The standard InChI is InChI=1S/C14H13F4N3O2/c1-20-10-3-2-7(4-9(10)19-12(20)11(15)16)13(22)21-5-8(6-21)23-14(17)18/h2-4,8,11,14H,5-6H2,1H3. The van der Waals surface area contributed by atoms with Gasteiger partial charge < -0.3 is 14.2 Å². The third-order valence-electron chi connectivity index (χ3n) is 3.79. The van der Waals surface area contributed by atoms with Gasteiger partial charge >= 0.3 is 6.61 Å². The number of imidazole rings is 1. The van der Waals surface area contributed by atoms with Gasteiger partial charge in [-0.1, -0.05) is 0 Å². The van der Waals surface area contributed by atoms with Gasteiger partial charge in [-0.3, -0.25) is 4.79 Å². The average Bonchev–Trinajstić information content (AvgIpc) is 2.78. The number of likely N-dealkylation sites (tertiary alicyclic amines) is 1. The Morgan fingerprint density at radius 3 is 2.61 bits per heavy atom. The summed E-state index contributed by atoms with van der Waals surface area (Å²) >= 11 is 0. The van der Waals surface area contributed by atoms with Gasteiger partial charge in [0.05, 0.1) is 17.1 Å². The minimum atomic E-state index is -2.87. The van der Waals surface area contributed by atoms with E-state index in [2.05, 4.69) is 9.72 Å². The van der Waals surface area contributed by atoms with Crippen LogP contribution >= 0.6 is 0 Å². The van der Waals surface area contributed by atoms with Crippen molar-refractivity contribution >= 4 is 16.9 Å². The van der Waals surface area contributed by atoms with Crippen LogP contribution in [0.4, 0.5) is 17.6 Å². The molecular weight excluding hydrogens is 318 g/mol. The Bertz CT molecular complexity index is 741. The van der Waals surface area contributed by atoms with E-state index in [1.165, 1.54) is 34.7 Å². The SMILES string of the molecule is Cn1c(C(F)F)nc2cc(C(=O)N3CC(OC(F)F)C3)ccc21. The van der Waals surface area contributed by atoms with Gasteiger partial charge in [-0.15, -0.1) is 0 Å². The molecule has 9 heteroatoms. The number of nitrogens with zero attached hydrogens (tertiary/aromatic N) is 3. The molecule has 0 radical (unpaired) electrons. The third kappa shape index (κ3) is 2.88. The van der Waals surface area contributed by atoms with Crippen LogP contribution < -0.4 is 0 Å². The van der Waals surface area contributed by atoms with E-state index < -0.39 is 19.1 Å². The van der Waals surface area contributed by atoms with Crippen LogP contribution in [0.25, 0.3) is 11.0 Å². The van der Waals surface area contributed by atoms with Gasteiger partial charge in [0.15, 0.2) is 5.82 Å². The number of carbonyl (C=O) groups is 1. The molecule has 2 aromatic rings. The zero-order valence-corrected chi connectivity index (χ0v) is 12.0. The molecule has 1 fully saturated rings. The van der Waals surface area contributed by atoms with E-state index in [0.717, 1.165) is 0 Å². The van der Waals surface area contributed by atoms with Crippen molar-refractivity contribution < 1.29 is 27.1 Å². The molecule has 1 aliphatic heterocycles. The van der Waals surface area contributed by atoms with Crippen molar-refractivity contribution in [3.63, 3.8) is 0 Å². The number of ether oxygens (including phenoxy) is 1. The number of alkyl halides is 4. The zero-order valence-electron chi connectivity index (χ0n) is 12.0. The maximum absolute atomic E-state index is 12.8. The fourth-order valence-corrected chi connectivity index (χ4v) is 2.56. The highest BCUT2D eigenvalue weighted by Crippen LogP contribution is 2.25. The minimum absolute atomic E-state index is 0.0751. The van der Waals surface area contributed by atoms with Crippen molar-refractivity contribution in [1.82, 2.24) is 14.5 Å². The van der Waals surface area contributed by atoms with Crippen LogP contribution in [0.3, 0.4) is 0 Å². The smallest absolute Gasteiger partial charge is 0.333 e. The largest absolute Gasteiger partial charge is 0.345 e. The highest BCUT2D eigenvalue weighted by molar-refractivity contribution is 5.98. The zero-order chi connectivity index (χ0) is 16.7. The van der Waals surface area contributed by atoms with Crippen molar-refractivity contribution in [2.45, 2.75) is 19.1 Å². The summed E-state index contributed by atoms with van der Waals surface area (Å²) in [4.78, 5) is 17.4.